The fourth-order valence-corrected chi connectivity index (χ4v) is 3.95. The summed E-state index contributed by atoms with van der Waals surface area (Å²) in [5.41, 5.74) is 6.61. The minimum Gasteiger partial charge on any atom is -0.368 e. The number of carbonyl (C=O) groups excluding carboxylic acids is 2. The van der Waals surface area contributed by atoms with Crippen molar-refractivity contribution < 1.29 is 9.59 Å². The Hall–Kier alpha value is -1.88. The molecular formula is C19H27N3O2. The Morgan fingerprint density at radius 2 is 1.67 bits per heavy atom. The Bertz CT molecular complexity index is 561. The summed E-state index contributed by atoms with van der Waals surface area (Å²) in [6.07, 6.45) is 4.84. The zero-order valence-corrected chi connectivity index (χ0v) is 14.2. The van der Waals surface area contributed by atoms with Crippen LogP contribution >= 0.6 is 0 Å². The van der Waals surface area contributed by atoms with Crippen molar-refractivity contribution in [2.24, 2.45) is 11.7 Å². The van der Waals surface area contributed by atoms with E-state index in [0.29, 0.717) is 18.2 Å². The van der Waals surface area contributed by atoms with E-state index in [9.17, 15) is 9.59 Å². The molecule has 1 aromatic rings. The van der Waals surface area contributed by atoms with Crippen LogP contribution in [0.5, 0.6) is 0 Å². The zero-order chi connectivity index (χ0) is 16.9. The zero-order valence-electron chi connectivity index (χ0n) is 14.2. The van der Waals surface area contributed by atoms with Crippen molar-refractivity contribution in [3.05, 3.63) is 35.9 Å². The lowest BCUT2D eigenvalue weighted by atomic mass is 9.91. The highest BCUT2D eigenvalue weighted by atomic mass is 16.2. The SMILES string of the molecule is NC(=O)C(c1ccccc1)N1CCC(CC(=O)N2CCCC2)CC1. The van der Waals surface area contributed by atoms with E-state index in [1.54, 1.807) is 0 Å². The number of amides is 2. The van der Waals surface area contributed by atoms with Gasteiger partial charge in [-0.3, -0.25) is 14.5 Å². The maximum Gasteiger partial charge on any atom is 0.239 e. The predicted molar refractivity (Wildman–Crippen MR) is 93.1 cm³/mol. The molecule has 3 rings (SSSR count). The first-order chi connectivity index (χ1) is 11.6. The van der Waals surface area contributed by atoms with Crippen molar-refractivity contribution in [3.8, 4) is 0 Å². The molecular weight excluding hydrogens is 302 g/mol. The third-order valence-corrected chi connectivity index (χ3v) is 5.32. The number of nitrogens with two attached hydrogens (primary N) is 1. The largest absolute Gasteiger partial charge is 0.368 e. The number of hydrogen-bond donors (Lipinski definition) is 1. The molecule has 5 nitrogen and oxygen atoms in total. The van der Waals surface area contributed by atoms with Gasteiger partial charge in [-0.25, -0.2) is 0 Å². The van der Waals surface area contributed by atoms with Crippen LogP contribution in [0, 0.1) is 5.92 Å². The van der Waals surface area contributed by atoms with E-state index in [-0.39, 0.29) is 11.9 Å². The molecule has 130 valence electrons. The minimum atomic E-state index is -0.360. The molecule has 0 bridgehead atoms. The Morgan fingerprint density at radius 3 is 2.25 bits per heavy atom. The molecule has 0 aliphatic carbocycles. The number of piperidine rings is 1. The van der Waals surface area contributed by atoms with Crippen molar-refractivity contribution in [3.63, 3.8) is 0 Å². The van der Waals surface area contributed by atoms with Gasteiger partial charge in [-0.15, -0.1) is 0 Å². The molecule has 0 saturated carbocycles. The molecule has 24 heavy (non-hydrogen) atoms. The molecule has 5 heteroatoms. The third-order valence-electron chi connectivity index (χ3n) is 5.32. The van der Waals surface area contributed by atoms with Crippen molar-refractivity contribution in [1.29, 1.82) is 0 Å². The summed E-state index contributed by atoms with van der Waals surface area (Å²) >= 11 is 0. The second kappa shape index (κ2) is 7.79. The molecule has 2 aliphatic heterocycles. The van der Waals surface area contributed by atoms with Gasteiger partial charge in [0.05, 0.1) is 0 Å². The summed E-state index contributed by atoms with van der Waals surface area (Å²) in [6.45, 7) is 3.49. The topological polar surface area (TPSA) is 66.6 Å². The van der Waals surface area contributed by atoms with Crippen molar-refractivity contribution in [2.75, 3.05) is 26.2 Å². The highest BCUT2D eigenvalue weighted by Crippen LogP contribution is 2.29. The molecule has 2 N–H and O–H groups in total. The fraction of sp³-hybridized carbons (Fsp3) is 0.579. The number of carbonyl (C=O) groups is 2. The number of nitrogens with zero attached hydrogens (tertiary/aromatic N) is 2. The fourth-order valence-electron chi connectivity index (χ4n) is 3.95. The Labute approximate surface area is 143 Å². The van der Waals surface area contributed by atoms with Crippen LogP contribution in [0.1, 0.15) is 43.7 Å². The summed E-state index contributed by atoms with van der Waals surface area (Å²) in [4.78, 5) is 28.4. The van der Waals surface area contributed by atoms with E-state index in [1.165, 1.54) is 0 Å². The van der Waals surface area contributed by atoms with E-state index in [4.69, 9.17) is 5.73 Å². The van der Waals surface area contributed by atoms with Crippen LogP contribution in [0.25, 0.3) is 0 Å². The quantitative estimate of drug-likeness (QED) is 0.898. The third kappa shape index (κ3) is 3.96. The summed E-state index contributed by atoms with van der Waals surface area (Å²) < 4.78 is 0. The van der Waals surface area contributed by atoms with Crippen LogP contribution in [-0.2, 0) is 9.59 Å². The molecule has 1 aromatic carbocycles. The minimum absolute atomic E-state index is 0.298. The summed E-state index contributed by atoms with van der Waals surface area (Å²) in [6, 6.07) is 9.37. The van der Waals surface area contributed by atoms with Gasteiger partial charge in [-0.1, -0.05) is 30.3 Å². The predicted octanol–water partition coefficient (Wildman–Crippen LogP) is 1.94. The molecule has 1 atom stereocenters. The maximum absolute atomic E-state index is 12.3. The molecule has 0 aromatic heterocycles. The highest BCUT2D eigenvalue weighted by Gasteiger charge is 2.31. The van der Waals surface area contributed by atoms with Crippen LogP contribution in [0.2, 0.25) is 0 Å². The van der Waals surface area contributed by atoms with E-state index in [1.807, 2.05) is 35.2 Å². The van der Waals surface area contributed by atoms with Gasteiger partial charge in [0, 0.05) is 19.5 Å². The van der Waals surface area contributed by atoms with Gasteiger partial charge < -0.3 is 10.6 Å². The van der Waals surface area contributed by atoms with Crippen molar-refractivity contribution >= 4 is 11.8 Å². The van der Waals surface area contributed by atoms with Crippen molar-refractivity contribution in [2.45, 2.75) is 38.1 Å². The standard InChI is InChI=1S/C19H27N3O2/c20-19(24)18(16-6-2-1-3-7-16)22-12-8-15(9-13-22)14-17(23)21-10-4-5-11-21/h1-3,6-7,15,18H,4-5,8-14H2,(H2,20,24). The van der Waals surface area contributed by atoms with Crippen molar-refractivity contribution in [1.82, 2.24) is 9.80 Å². The van der Waals surface area contributed by atoms with Crippen LogP contribution in [-0.4, -0.2) is 47.8 Å². The second-order valence-corrected chi connectivity index (χ2v) is 6.99. The van der Waals surface area contributed by atoms with E-state index in [2.05, 4.69) is 4.90 Å². The highest BCUT2D eigenvalue weighted by molar-refractivity contribution is 5.81. The van der Waals surface area contributed by atoms with Crippen LogP contribution in [0.15, 0.2) is 30.3 Å². The number of hydrogen-bond acceptors (Lipinski definition) is 3. The first-order valence-electron chi connectivity index (χ1n) is 9.01. The molecule has 2 heterocycles. The molecule has 0 spiro atoms. The molecule has 2 fully saturated rings. The first kappa shape index (κ1) is 17.0. The average molecular weight is 329 g/mol. The monoisotopic (exact) mass is 329 g/mol. The lowest BCUT2D eigenvalue weighted by Crippen LogP contribution is -2.43. The average Bonchev–Trinajstić information content (AvgIpc) is 3.12. The van der Waals surface area contributed by atoms with E-state index >= 15 is 0 Å². The van der Waals surface area contributed by atoms with Gasteiger partial charge in [0.15, 0.2) is 0 Å². The second-order valence-electron chi connectivity index (χ2n) is 6.99. The molecule has 0 radical (unpaired) electrons. The Morgan fingerprint density at radius 1 is 1.04 bits per heavy atom. The van der Waals surface area contributed by atoms with Gasteiger partial charge in [0.2, 0.25) is 11.8 Å². The van der Waals surface area contributed by atoms with Crippen LogP contribution < -0.4 is 5.73 Å². The number of primary amides is 1. The van der Waals surface area contributed by atoms with Gasteiger partial charge in [-0.2, -0.15) is 0 Å². The Balaban J connectivity index is 1.55. The maximum atomic E-state index is 12.3. The number of benzene rings is 1. The number of likely N-dealkylation sites (tertiary alicyclic amines) is 2. The normalized spacial score (nSPS) is 20.9. The van der Waals surface area contributed by atoms with Crippen LogP contribution in [0.3, 0.4) is 0 Å². The summed E-state index contributed by atoms with van der Waals surface area (Å²) in [5, 5.41) is 0. The van der Waals surface area contributed by atoms with Crippen LogP contribution in [0.4, 0.5) is 0 Å². The van der Waals surface area contributed by atoms with Gasteiger partial charge >= 0.3 is 0 Å². The van der Waals surface area contributed by atoms with Gasteiger partial charge in [0.25, 0.3) is 0 Å². The molecule has 2 amide bonds. The summed E-state index contributed by atoms with van der Waals surface area (Å²) in [5.74, 6) is 0.437. The summed E-state index contributed by atoms with van der Waals surface area (Å²) in [7, 11) is 0. The van der Waals surface area contributed by atoms with Gasteiger partial charge in [0.1, 0.15) is 6.04 Å². The van der Waals surface area contributed by atoms with E-state index < -0.39 is 0 Å². The Kier molecular flexibility index (Phi) is 5.51. The smallest absolute Gasteiger partial charge is 0.239 e. The lowest BCUT2D eigenvalue weighted by Gasteiger charge is -2.36. The lowest BCUT2D eigenvalue weighted by molar-refractivity contribution is -0.132. The molecule has 2 aliphatic rings. The van der Waals surface area contributed by atoms with Gasteiger partial charge in [-0.05, 0) is 50.3 Å². The number of rotatable bonds is 5. The first-order valence-corrected chi connectivity index (χ1v) is 9.01. The molecule has 1 unspecified atom stereocenters. The molecule has 2 saturated heterocycles. The van der Waals surface area contributed by atoms with E-state index in [0.717, 1.165) is 57.4 Å².